The van der Waals surface area contributed by atoms with E-state index in [1.807, 2.05) is 0 Å². The van der Waals surface area contributed by atoms with Gasteiger partial charge in [-0.2, -0.15) is 0 Å². The predicted molar refractivity (Wildman–Crippen MR) is 80.9 cm³/mol. The van der Waals surface area contributed by atoms with Crippen molar-refractivity contribution in [3.8, 4) is 0 Å². The molecule has 0 aromatic heterocycles. The van der Waals surface area contributed by atoms with E-state index in [1.54, 1.807) is 6.07 Å². The molecule has 0 unspecified atom stereocenters. The molecule has 0 radical (unpaired) electrons. The third-order valence-corrected chi connectivity index (χ3v) is 3.16. The smallest absolute Gasteiger partial charge is 0.325 e. The lowest BCUT2D eigenvalue weighted by atomic mass is 10.1. The van der Waals surface area contributed by atoms with Crippen LogP contribution in [0.3, 0.4) is 0 Å². The molecule has 1 aromatic carbocycles. The van der Waals surface area contributed by atoms with Gasteiger partial charge < -0.3 is 21.5 Å². The van der Waals surface area contributed by atoms with E-state index < -0.39 is 41.7 Å². The molecule has 0 aliphatic carbocycles. The summed E-state index contributed by atoms with van der Waals surface area (Å²) in [5, 5.41) is 13.3. The topological polar surface area (TPSA) is 122 Å². The second kappa shape index (κ2) is 8.23. The highest BCUT2D eigenvalue weighted by Crippen LogP contribution is 2.06. The third-order valence-electron chi connectivity index (χ3n) is 3.16. The Kier molecular flexibility index (Phi) is 6.65. The van der Waals surface area contributed by atoms with Crippen LogP contribution in [-0.2, 0) is 20.8 Å². The van der Waals surface area contributed by atoms with E-state index in [2.05, 4.69) is 10.6 Å². The molecular weight excluding hydrogens is 305 g/mol. The molecule has 3 atom stereocenters. The first-order valence-corrected chi connectivity index (χ1v) is 7.04. The molecule has 0 spiro atoms. The second-order valence-electron chi connectivity index (χ2n) is 5.24. The van der Waals surface area contributed by atoms with Crippen molar-refractivity contribution >= 4 is 17.8 Å². The molecule has 0 heterocycles. The second-order valence-corrected chi connectivity index (χ2v) is 5.24. The van der Waals surface area contributed by atoms with Gasteiger partial charge in [0.2, 0.25) is 11.8 Å². The molecule has 0 aliphatic heterocycles. The molecule has 1 rings (SSSR count). The highest BCUT2D eigenvalue weighted by atomic mass is 19.1. The van der Waals surface area contributed by atoms with E-state index >= 15 is 0 Å². The van der Waals surface area contributed by atoms with Crippen LogP contribution in [0.1, 0.15) is 19.4 Å². The van der Waals surface area contributed by atoms with E-state index in [1.165, 1.54) is 32.0 Å². The van der Waals surface area contributed by atoms with Gasteiger partial charge in [0.1, 0.15) is 17.9 Å². The van der Waals surface area contributed by atoms with E-state index in [0.29, 0.717) is 5.56 Å². The van der Waals surface area contributed by atoms with Crippen molar-refractivity contribution in [2.45, 2.75) is 38.4 Å². The number of rotatable bonds is 7. The zero-order valence-electron chi connectivity index (χ0n) is 12.9. The number of hydrogen-bond acceptors (Lipinski definition) is 4. The Morgan fingerprint density at radius 2 is 1.78 bits per heavy atom. The molecule has 0 saturated carbocycles. The zero-order chi connectivity index (χ0) is 17.6. The van der Waals surface area contributed by atoms with Crippen LogP contribution in [0.4, 0.5) is 4.39 Å². The van der Waals surface area contributed by atoms with E-state index in [4.69, 9.17) is 10.8 Å². The number of nitrogens with one attached hydrogen (secondary N) is 2. The summed E-state index contributed by atoms with van der Waals surface area (Å²) in [5.41, 5.74) is 6.30. The summed E-state index contributed by atoms with van der Waals surface area (Å²) < 4.78 is 13.1. The monoisotopic (exact) mass is 325 g/mol. The summed E-state index contributed by atoms with van der Waals surface area (Å²) in [6, 6.07) is 2.75. The van der Waals surface area contributed by atoms with Crippen LogP contribution in [0.15, 0.2) is 24.3 Å². The van der Waals surface area contributed by atoms with Crippen molar-refractivity contribution in [3.63, 3.8) is 0 Å². The Bertz CT molecular complexity index is 594. The molecule has 0 saturated heterocycles. The highest BCUT2D eigenvalue weighted by Gasteiger charge is 2.23. The van der Waals surface area contributed by atoms with E-state index in [-0.39, 0.29) is 6.42 Å². The van der Waals surface area contributed by atoms with Crippen LogP contribution in [0.2, 0.25) is 0 Å². The Balaban J connectivity index is 2.53. The van der Waals surface area contributed by atoms with Crippen LogP contribution in [0.25, 0.3) is 0 Å². The molecule has 5 N–H and O–H groups in total. The summed E-state index contributed by atoms with van der Waals surface area (Å²) in [6.07, 6.45) is 0.115. The van der Waals surface area contributed by atoms with Gasteiger partial charge in [0.15, 0.2) is 0 Å². The number of halogens is 1. The Hall–Kier alpha value is -2.48. The van der Waals surface area contributed by atoms with Crippen LogP contribution < -0.4 is 16.4 Å². The van der Waals surface area contributed by atoms with Gasteiger partial charge in [-0.25, -0.2) is 4.39 Å². The van der Waals surface area contributed by atoms with Crippen LogP contribution in [-0.4, -0.2) is 41.0 Å². The summed E-state index contributed by atoms with van der Waals surface area (Å²) >= 11 is 0. The largest absolute Gasteiger partial charge is 0.480 e. The van der Waals surface area contributed by atoms with Crippen molar-refractivity contribution in [3.05, 3.63) is 35.6 Å². The standard InChI is InChI=1S/C15H20FN3O4/c1-8(13(20)19-9(2)15(22)23)18-14(21)12(17)7-10-4-3-5-11(16)6-10/h3-6,8-9,12H,7,17H2,1-2H3,(H,18,21)(H,19,20)(H,22,23)/t8-,9-,12+/m0/s1. The molecule has 0 fully saturated rings. The van der Waals surface area contributed by atoms with Crippen LogP contribution >= 0.6 is 0 Å². The lowest BCUT2D eigenvalue weighted by Gasteiger charge is -2.18. The van der Waals surface area contributed by atoms with Gasteiger partial charge in [0.05, 0.1) is 6.04 Å². The first-order valence-electron chi connectivity index (χ1n) is 7.04. The van der Waals surface area contributed by atoms with Gasteiger partial charge in [-0.15, -0.1) is 0 Å². The molecule has 0 bridgehead atoms. The maximum absolute atomic E-state index is 13.1. The number of amides is 2. The van der Waals surface area contributed by atoms with Gasteiger partial charge in [-0.3, -0.25) is 14.4 Å². The lowest BCUT2D eigenvalue weighted by molar-refractivity contribution is -0.141. The summed E-state index contributed by atoms with van der Waals surface area (Å²) in [7, 11) is 0. The van der Waals surface area contributed by atoms with Crippen molar-refractivity contribution in [2.75, 3.05) is 0 Å². The quantitative estimate of drug-likeness (QED) is 0.553. The average Bonchev–Trinajstić information content (AvgIpc) is 2.46. The van der Waals surface area contributed by atoms with Gasteiger partial charge >= 0.3 is 5.97 Å². The highest BCUT2D eigenvalue weighted by molar-refractivity contribution is 5.91. The average molecular weight is 325 g/mol. The molecule has 2 amide bonds. The minimum atomic E-state index is -1.18. The van der Waals surface area contributed by atoms with Crippen molar-refractivity contribution < 1.29 is 23.9 Å². The minimum Gasteiger partial charge on any atom is -0.480 e. The Labute approximate surface area is 133 Å². The molecule has 1 aromatic rings. The number of aliphatic carboxylic acids is 1. The molecule has 23 heavy (non-hydrogen) atoms. The number of carbonyl (C=O) groups excluding carboxylic acids is 2. The Morgan fingerprint density at radius 3 is 2.35 bits per heavy atom. The summed E-state index contributed by atoms with van der Waals surface area (Å²) in [6.45, 7) is 2.72. The fraction of sp³-hybridized carbons (Fsp3) is 0.400. The van der Waals surface area contributed by atoms with Gasteiger partial charge in [0.25, 0.3) is 0 Å². The fourth-order valence-electron chi connectivity index (χ4n) is 1.80. The van der Waals surface area contributed by atoms with E-state index in [0.717, 1.165) is 0 Å². The molecule has 0 aliphatic rings. The first-order chi connectivity index (χ1) is 10.7. The first kappa shape index (κ1) is 18.6. The maximum atomic E-state index is 13.1. The predicted octanol–water partition coefficient (Wildman–Crippen LogP) is -0.210. The number of carboxylic acid groups (broad SMARTS) is 1. The fourth-order valence-corrected chi connectivity index (χ4v) is 1.80. The van der Waals surface area contributed by atoms with Crippen LogP contribution in [0.5, 0.6) is 0 Å². The number of benzene rings is 1. The SMILES string of the molecule is C[C@H](NC(=O)[C@H](C)NC(=O)[C@H](N)Cc1cccc(F)c1)C(=O)O. The molecule has 7 nitrogen and oxygen atoms in total. The molecular formula is C15H20FN3O4. The van der Waals surface area contributed by atoms with Crippen molar-refractivity contribution in [1.29, 1.82) is 0 Å². The normalized spacial score (nSPS) is 14.4. The number of nitrogens with two attached hydrogens (primary N) is 1. The number of carboxylic acids is 1. The van der Waals surface area contributed by atoms with Crippen molar-refractivity contribution in [1.82, 2.24) is 10.6 Å². The van der Waals surface area contributed by atoms with Gasteiger partial charge in [0, 0.05) is 0 Å². The minimum absolute atomic E-state index is 0.115. The van der Waals surface area contributed by atoms with E-state index in [9.17, 15) is 18.8 Å². The van der Waals surface area contributed by atoms with Crippen molar-refractivity contribution in [2.24, 2.45) is 5.73 Å². The van der Waals surface area contributed by atoms with Gasteiger partial charge in [-0.1, -0.05) is 12.1 Å². The zero-order valence-corrected chi connectivity index (χ0v) is 12.9. The number of carbonyl (C=O) groups is 3. The lowest BCUT2D eigenvalue weighted by Crippen LogP contribution is -2.53. The Morgan fingerprint density at radius 1 is 1.17 bits per heavy atom. The summed E-state index contributed by atoms with van der Waals surface area (Å²) in [4.78, 5) is 34.3. The molecule has 8 heteroatoms. The molecule has 126 valence electrons. The maximum Gasteiger partial charge on any atom is 0.325 e. The summed E-state index contributed by atoms with van der Waals surface area (Å²) in [5.74, 6) is -2.82. The van der Waals surface area contributed by atoms with Gasteiger partial charge in [-0.05, 0) is 38.0 Å². The number of hydrogen-bond donors (Lipinski definition) is 4. The van der Waals surface area contributed by atoms with Crippen LogP contribution in [0, 0.1) is 5.82 Å². The third kappa shape index (κ3) is 6.03.